The third-order valence-electron chi connectivity index (χ3n) is 5.64. The zero-order valence-electron chi connectivity index (χ0n) is 19.7. The van der Waals surface area contributed by atoms with Crippen LogP contribution in [0.1, 0.15) is 66.7 Å². The fraction of sp³-hybridized carbons (Fsp3) is 0.720. The Labute approximate surface area is 183 Å². The summed E-state index contributed by atoms with van der Waals surface area (Å²) < 4.78 is 11.8. The zero-order valence-corrected chi connectivity index (χ0v) is 19.7. The average Bonchev–Trinajstić information content (AvgIpc) is 2.70. The van der Waals surface area contributed by atoms with Crippen molar-refractivity contribution in [3.63, 3.8) is 0 Å². The summed E-state index contributed by atoms with van der Waals surface area (Å²) in [6, 6.07) is 7.64. The van der Waals surface area contributed by atoms with Crippen LogP contribution in [0.15, 0.2) is 24.3 Å². The molecule has 1 saturated heterocycles. The van der Waals surface area contributed by atoms with Gasteiger partial charge in [0.15, 0.2) is 0 Å². The monoisotopic (exact) mass is 418 g/mol. The highest BCUT2D eigenvalue weighted by Crippen LogP contribution is 2.25. The number of piperidine rings is 1. The van der Waals surface area contributed by atoms with Crippen LogP contribution in [0.4, 0.5) is 5.69 Å². The summed E-state index contributed by atoms with van der Waals surface area (Å²) in [5.74, 6) is 1.94. The molecule has 0 bridgehead atoms. The van der Waals surface area contributed by atoms with Crippen LogP contribution in [0, 0.1) is 11.8 Å². The van der Waals surface area contributed by atoms with Crippen LogP contribution >= 0.6 is 0 Å². The highest BCUT2D eigenvalue weighted by atomic mass is 16.5. The molecule has 2 rings (SSSR count). The van der Waals surface area contributed by atoms with Crippen molar-refractivity contribution in [2.45, 2.75) is 72.3 Å². The van der Waals surface area contributed by atoms with Gasteiger partial charge < -0.3 is 19.7 Å². The lowest BCUT2D eigenvalue weighted by Crippen LogP contribution is -2.44. The van der Waals surface area contributed by atoms with Gasteiger partial charge in [0.05, 0.1) is 6.61 Å². The van der Waals surface area contributed by atoms with Crippen LogP contribution in [0.2, 0.25) is 0 Å². The highest BCUT2D eigenvalue weighted by Gasteiger charge is 2.34. The summed E-state index contributed by atoms with van der Waals surface area (Å²) in [6.45, 7) is 15.3. The Kier molecular flexibility index (Phi) is 10.1. The van der Waals surface area contributed by atoms with Gasteiger partial charge in [-0.2, -0.15) is 0 Å². The summed E-state index contributed by atoms with van der Waals surface area (Å²) in [7, 11) is 0. The highest BCUT2D eigenvalue weighted by molar-refractivity contribution is 5.97. The minimum absolute atomic E-state index is 0.0888. The first-order valence-corrected chi connectivity index (χ1v) is 11.7. The molecule has 1 aromatic rings. The number of amides is 1. The quantitative estimate of drug-likeness (QED) is 0.465. The molecule has 0 radical (unpaired) electrons. The third kappa shape index (κ3) is 8.27. The molecular weight excluding hydrogens is 376 g/mol. The van der Waals surface area contributed by atoms with Gasteiger partial charge in [-0.3, -0.25) is 4.79 Å². The van der Waals surface area contributed by atoms with Gasteiger partial charge in [-0.15, -0.1) is 0 Å². The summed E-state index contributed by atoms with van der Waals surface area (Å²) >= 11 is 0. The first-order valence-electron chi connectivity index (χ1n) is 11.7. The molecule has 30 heavy (non-hydrogen) atoms. The van der Waals surface area contributed by atoms with Gasteiger partial charge in [0, 0.05) is 25.4 Å². The summed E-state index contributed by atoms with van der Waals surface area (Å²) in [6.07, 6.45) is 5.29. The molecule has 0 saturated carbocycles. The lowest BCUT2D eigenvalue weighted by atomic mass is 9.93. The number of hydrogen-bond donors (Lipinski definition) is 1. The summed E-state index contributed by atoms with van der Waals surface area (Å²) in [5.41, 5.74) is -0.0459. The predicted molar refractivity (Wildman–Crippen MR) is 124 cm³/mol. The standard InChI is InChI=1S/C25H42N2O3/c1-6-16-30-25(5,18-20(2)3)24(28)26-22-10-12-23(13-11-22)29-17-8-15-27-14-7-9-21(4)19-27/h10-13,20-21H,6-9,14-19H2,1-5H3,(H,26,28)/t21-,25-/m1/s1. The van der Waals surface area contributed by atoms with Crippen LogP contribution in [-0.2, 0) is 9.53 Å². The Morgan fingerprint density at radius 3 is 2.63 bits per heavy atom. The zero-order chi connectivity index (χ0) is 22.0. The molecule has 2 atom stereocenters. The lowest BCUT2D eigenvalue weighted by Gasteiger charge is -2.30. The number of hydrogen-bond acceptors (Lipinski definition) is 4. The number of carbonyl (C=O) groups excluding carboxylic acids is 1. The van der Waals surface area contributed by atoms with Crippen molar-refractivity contribution < 1.29 is 14.3 Å². The van der Waals surface area contributed by atoms with Crippen LogP contribution in [0.25, 0.3) is 0 Å². The van der Waals surface area contributed by atoms with Gasteiger partial charge in [0.2, 0.25) is 0 Å². The maximum absolute atomic E-state index is 12.9. The maximum Gasteiger partial charge on any atom is 0.256 e. The Bertz CT molecular complexity index is 632. The van der Waals surface area contributed by atoms with Crippen molar-refractivity contribution in [3.05, 3.63) is 24.3 Å². The summed E-state index contributed by atoms with van der Waals surface area (Å²) in [4.78, 5) is 15.4. The molecule has 0 aliphatic carbocycles. The van der Waals surface area contributed by atoms with E-state index < -0.39 is 5.60 Å². The maximum atomic E-state index is 12.9. The van der Waals surface area contributed by atoms with Crippen molar-refractivity contribution in [1.29, 1.82) is 0 Å². The topological polar surface area (TPSA) is 50.8 Å². The second-order valence-electron chi connectivity index (χ2n) is 9.41. The molecule has 0 unspecified atom stereocenters. The van der Waals surface area contributed by atoms with Crippen molar-refractivity contribution in [3.8, 4) is 5.75 Å². The van der Waals surface area contributed by atoms with Crippen molar-refractivity contribution >= 4 is 11.6 Å². The number of carbonyl (C=O) groups is 1. The second kappa shape index (κ2) is 12.3. The van der Waals surface area contributed by atoms with E-state index in [-0.39, 0.29) is 5.91 Å². The fourth-order valence-corrected chi connectivity index (χ4v) is 4.19. The van der Waals surface area contributed by atoms with Crippen LogP contribution in [0.5, 0.6) is 5.75 Å². The average molecular weight is 419 g/mol. The number of nitrogens with one attached hydrogen (secondary N) is 1. The Balaban J connectivity index is 1.79. The van der Waals surface area contributed by atoms with Crippen molar-refractivity contribution in [2.75, 3.05) is 38.2 Å². The minimum atomic E-state index is -0.814. The van der Waals surface area contributed by atoms with E-state index in [4.69, 9.17) is 9.47 Å². The lowest BCUT2D eigenvalue weighted by molar-refractivity contribution is -0.141. The van der Waals surface area contributed by atoms with E-state index in [0.717, 1.165) is 36.7 Å². The van der Waals surface area contributed by atoms with E-state index in [1.807, 2.05) is 31.2 Å². The van der Waals surface area contributed by atoms with E-state index in [1.54, 1.807) is 0 Å². The normalized spacial score (nSPS) is 19.5. The molecule has 1 heterocycles. The van der Waals surface area contributed by atoms with Crippen LogP contribution in [-0.4, -0.2) is 49.3 Å². The Morgan fingerprint density at radius 1 is 1.27 bits per heavy atom. The van der Waals surface area contributed by atoms with E-state index in [2.05, 4.69) is 37.9 Å². The van der Waals surface area contributed by atoms with Crippen molar-refractivity contribution in [2.24, 2.45) is 11.8 Å². The fourth-order valence-electron chi connectivity index (χ4n) is 4.19. The molecule has 1 aliphatic rings. The molecule has 1 aliphatic heterocycles. The summed E-state index contributed by atoms with van der Waals surface area (Å²) in [5, 5.41) is 3.01. The molecule has 1 amide bonds. The number of anilines is 1. The van der Waals surface area contributed by atoms with E-state index in [9.17, 15) is 4.79 Å². The van der Waals surface area contributed by atoms with Crippen LogP contribution < -0.4 is 10.1 Å². The van der Waals surface area contributed by atoms with Gasteiger partial charge >= 0.3 is 0 Å². The van der Waals surface area contributed by atoms with Crippen molar-refractivity contribution in [1.82, 2.24) is 4.90 Å². The second-order valence-corrected chi connectivity index (χ2v) is 9.41. The molecule has 170 valence electrons. The molecule has 1 N–H and O–H groups in total. The minimum Gasteiger partial charge on any atom is -0.494 e. The van der Waals surface area contributed by atoms with Gasteiger partial charge in [-0.05, 0) is 81.7 Å². The Morgan fingerprint density at radius 2 is 2.00 bits per heavy atom. The number of benzene rings is 1. The smallest absolute Gasteiger partial charge is 0.256 e. The molecular formula is C25H42N2O3. The van der Waals surface area contributed by atoms with E-state index in [1.165, 1.54) is 25.9 Å². The number of rotatable bonds is 12. The van der Waals surface area contributed by atoms with Crippen LogP contribution in [0.3, 0.4) is 0 Å². The molecule has 1 aromatic carbocycles. The molecule has 1 fully saturated rings. The number of likely N-dealkylation sites (tertiary alicyclic amines) is 1. The molecule has 5 heteroatoms. The number of nitrogens with zero attached hydrogens (tertiary/aromatic N) is 1. The molecule has 5 nitrogen and oxygen atoms in total. The van der Waals surface area contributed by atoms with Gasteiger partial charge in [0.1, 0.15) is 11.4 Å². The van der Waals surface area contributed by atoms with Gasteiger partial charge in [0.25, 0.3) is 5.91 Å². The third-order valence-corrected chi connectivity index (χ3v) is 5.64. The largest absolute Gasteiger partial charge is 0.494 e. The van der Waals surface area contributed by atoms with Gasteiger partial charge in [-0.1, -0.05) is 27.7 Å². The predicted octanol–water partition coefficient (Wildman–Crippen LogP) is 5.36. The molecule has 0 aromatic heterocycles. The SMILES string of the molecule is CCCO[C@](C)(CC(C)C)C(=O)Nc1ccc(OCCCN2CCC[C@@H](C)C2)cc1. The molecule has 0 spiro atoms. The number of ether oxygens (including phenoxy) is 2. The van der Waals surface area contributed by atoms with E-state index in [0.29, 0.717) is 25.6 Å². The first-order chi connectivity index (χ1) is 14.3. The first kappa shape index (κ1) is 24.7. The van der Waals surface area contributed by atoms with Gasteiger partial charge in [-0.25, -0.2) is 0 Å². The van der Waals surface area contributed by atoms with E-state index >= 15 is 0 Å². The Hall–Kier alpha value is -1.59.